The number of aliphatic hydroxyl groups is 3. The van der Waals surface area contributed by atoms with Crippen molar-refractivity contribution in [3.63, 3.8) is 0 Å². The quantitative estimate of drug-likeness (QED) is 0.507. The van der Waals surface area contributed by atoms with Gasteiger partial charge in [-0.05, 0) is 25.1 Å². The lowest BCUT2D eigenvalue weighted by atomic mass is 9.72. The zero-order valence-electron chi connectivity index (χ0n) is 11.6. The minimum atomic E-state index is -2.68. The van der Waals surface area contributed by atoms with Gasteiger partial charge in [0.15, 0.2) is 0 Å². The molecular formula is C12H24BO4P. The van der Waals surface area contributed by atoms with Gasteiger partial charge in [0.2, 0.25) is 0 Å². The highest BCUT2D eigenvalue weighted by Gasteiger charge is 2.77. The largest absolute Gasteiger partial charge is 0.389 e. The molecule has 6 atom stereocenters. The van der Waals surface area contributed by atoms with Crippen molar-refractivity contribution >= 4 is 15.0 Å². The van der Waals surface area contributed by atoms with Gasteiger partial charge in [0, 0.05) is 17.7 Å². The maximum absolute atomic E-state index is 12.7. The van der Waals surface area contributed by atoms with Crippen LogP contribution in [0.15, 0.2) is 0 Å². The van der Waals surface area contributed by atoms with Crippen molar-refractivity contribution in [2.45, 2.75) is 50.6 Å². The second kappa shape index (κ2) is 4.08. The van der Waals surface area contributed by atoms with E-state index in [0.29, 0.717) is 18.7 Å². The van der Waals surface area contributed by atoms with E-state index < -0.39 is 30.1 Å². The Kier molecular flexibility index (Phi) is 3.31. The van der Waals surface area contributed by atoms with Crippen LogP contribution in [-0.4, -0.2) is 53.0 Å². The molecule has 2 unspecified atom stereocenters. The molecule has 2 aliphatic carbocycles. The molecule has 0 spiro atoms. The second-order valence-electron chi connectivity index (χ2n) is 6.30. The van der Waals surface area contributed by atoms with Crippen molar-refractivity contribution in [1.29, 1.82) is 0 Å². The molecule has 2 saturated carbocycles. The third kappa shape index (κ3) is 1.54. The summed E-state index contributed by atoms with van der Waals surface area (Å²) in [7, 11) is -0.780. The molecule has 104 valence electrons. The van der Waals surface area contributed by atoms with Gasteiger partial charge in [-0.2, -0.15) is 0 Å². The van der Waals surface area contributed by atoms with Crippen molar-refractivity contribution in [3.8, 4) is 0 Å². The van der Waals surface area contributed by atoms with Crippen molar-refractivity contribution in [1.82, 2.24) is 0 Å². The minimum Gasteiger partial charge on any atom is -0.389 e. The Morgan fingerprint density at radius 3 is 2.28 bits per heavy atom. The summed E-state index contributed by atoms with van der Waals surface area (Å²) in [6.07, 6.45) is 0.591. The monoisotopic (exact) mass is 274 g/mol. The summed E-state index contributed by atoms with van der Waals surface area (Å²) in [5, 5.41) is 31.2. The highest BCUT2D eigenvalue weighted by Crippen LogP contribution is 2.77. The molecule has 0 saturated heterocycles. The fourth-order valence-electron chi connectivity index (χ4n) is 3.92. The Bertz CT molecular complexity index is 392. The van der Waals surface area contributed by atoms with Gasteiger partial charge < -0.3 is 19.9 Å². The molecule has 0 aromatic carbocycles. The molecule has 0 aromatic heterocycles. The van der Waals surface area contributed by atoms with Crippen LogP contribution in [0.2, 0.25) is 5.82 Å². The van der Waals surface area contributed by atoms with Gasteiger partial charge in [0.25, 0.3) is 0 Å². The molecule has 18 heavy (non-hydrogen) atoms. The van der Waals surface area contributed by atoms with Crippen molar-refractivity contribution in [3.05, 3.63) is 0 Å². The molecule has 0 heterocycles. The maximum Gasteiger partial charge on any atom is 0.115 e. The van der Waals surface area contributed by atoms with E-state index in [1.807, 2.05) is 21.7 Å². The van der Waals surface area contributed by atoms with Gasteiger partial charge in [0.05, 0.1) is 11.7 Å². The second-order valence-corrected chi connectivity index (χ2v) is 9.96. The van der Waals surface area contributed by atoms with Crippen LogP contribution in [0, 0.1) is 11.3 Å². The van der Waals surface area contributed by atoms with Crippen LogP contribution in [0.5, 0.6) is 0 Å². The first-order valence-electron chi connectivity index (χ1n) is 6.84. The van der Waals surface area contributed by atoms with Gasteiger partial charge in [-0.25, -0.2) is 0 Å². The van der Waals surface area contributed by atoms with E-state index >= 15 is 0 Å². The van der Waals surface area contributed by atoms with Crippen LogP contribution in [0.1, 0.15) is 27.2 Å². The number of hydrogen-bond acceptors (Lipinski definition) is 4. The Labute approximate surface area is 110 Å². The molecule has 0 radical (unpaired) electrons. The molecule has 6 heteroatoms. The molecule has 2 fully saturated rings. The maximum atomic E-state index is 12.7. The van der Waals surface area contributed by atoms with Gasteiger partial charge in [-0.15, -0.1) is 0 Å². The number of rotatable bonds is 4. The normalized spacial score (nSPS) is 48.9. The third-order valence-electron chi connectivity index (χ3n) is 5.69. The average Bonchev–Trinajstić information content (AvgIpc) is 3.07. The summed E-state index contributed by atoms with van der Waals surface area (Å²) >= 11 is 0. The lowest BCUT2D eigenvalue weighted by Gasteiger charge is -2.36. The first-order valence-corrected chi connectivity index (χ1v) is 8.99. The summed E-state index contributed by atoms with van der Waals surface area (Å²) in [6.45, 7) is 5.26. The van der Waals surface area contributed by atoms with Gasteiger partial charge in [0.1, 0.15) is 20.8 Å². The van der Waals surface area contributed by atoms with Crippen LogP contribution in [0.3, 0.4) is 0 Å². The molecule has 0 aromatic rings. The molecule has 0 bridgehead atoms. The minimum absolute atomic E-state index is 0.0655. The fraction of sp³-hybridized carbons (Fsp3) is 1.00. The van der Waals surface area contributed by atoms with Gasteiger partial charge >= 0.3 is 0 Å². The van der Waals surface area contributed by atoms with E-state index in [2.05, 4.69) is 0 Å². The lowest BCUT2D eigenvalue weighted by molar-refractivity contribution is -0.0870. The topological polar surface area (TPSA) is 77.8 Å². The average molecular weight is 274 g/mol. The van der Waals surface area contributed by atoms with E-state index in [1.54, 1.807) is 6.92 Å². The third-order valence-corrected chi connectivity index (χ3v) is 9.20. The highest BCUT2D eigenvalue weighted by atomic mass is 31.2. The van der Waals surface area contributed by atoms with Gasteiger partial charge in [-0.1, -0.05) is 13.8 Å². The Hall–Kier alpha value is 0.175. The molecule has 0 aliphatic heterocycles. The molecular weight excluding hydrogens is 250 g/mol. The molecule has 3 N–H and O–H groups in total. The summed E-state index contributed by atoms with van der Waals surface area (Å²) in [5.74, 6) is -0.954. The summed E-state index contributed by atoms with van der Waals surface area (Å²) in [6, 6.07) is 0. The van der Waals surface area contributed by atoms with Crippen LogP contribution < -0.4 is 0 Å². The molecule has 0 amide bonds. The zero-order valence-corrected chi connectivity index (χ0v) is 12.5. The van der Waals surface area contributed by atoms with Gasteiger partial charge in [-0.3, -0.25) is 0 Å². The van der Waals surface area contributed by atoms with E-state index in [4.69, 9.17) is 0 Å². The van der Waals surface area contributed by atoms with E-state index in [0.717, 1.165) is 0 Å². The SMILES string of the molecule is B[C@@H]1C2C[C@@]2(C(O)P(=O)(CC)CC)[C@@H](O)[C@@]1(C)O. The predicted octanol–water partition coefficient (Wildman–Crippen LogP) is 0.261. The standard InChI is InChI=1S/C12H24BO4P/c1-4-18(17,5-2)10(15)12-6-7(12)8(13)11(3,16)9(12)14/h7-10,14-16H,4-6,13H2,1-3H3/t7?,8-,9+,10?,11+,12+/m1/s1. The van der Waals surface area contributed by atoms with Crippen molar-refractivity contribution < 1.29 is 19.9 Å². The lowest BCUT2D eigenvalue weighted by Crippen LogP contribution is -2.46. The van der Waals surface area contributed by atoms with Crippen LogP contribution in [-0.2, 0) is 4.57 Å². The summed E-state index contributed by atoms with van der Waals surface area (Å²) in [4.78, 5) is 0. The first kappa shape index (κ1) is 14.6. The van der Waals surface area contributed by atoms with Crippen molar-refractivity contribution in [2.75, 3.05) is 12.3 Å². The zero-order chi connectivity index (χ0) is 13.9. The first-order chi connectivity index (χ1) is 8.18. The summed E-state index contributed by atoms with van der Waals surface area (Å²) in [5.41, 5.74) is -1.92. The fourth-order valence-corrected chi connectivity index (χ4v) is 6.38. The van der Waals surface area contributed by atoms with Crippen LogP contribution in [0.25, 0.3) is 0 Å². The molecule has 4 nitrogen and oxygen atoms in total. The number of fused-ring (bicyclic) bond motifs is 1. The molecule has 2 rings (SSSR count). The smallest absolute Gasteiger partial charge is 0.115 e. The van der Waals surface area contributed by atoms with Crippen molar-refractivity contribution in [2.24, 2.45) is 11.3 Å². The Morgan fingerprint density at radius 2 is 1.94 bits per heavy atom. The number of hydrogen-bond donors (Lipinski definition) is 3. The molecule has 2 aliphatic rings. The number of aliphatic hydroxyl groups excluding tert-OH is 2. The summed E-state index contributed by atoms with van der Waals surface area (Å²) < 4.78 is 12.7. The Balaban J connectivity index is 2.34. The van der Waals surface area contributed by atoms with Crippen LogP contribution >= 0.6 is 7.14 Å². The van der Waals surface area contributed by atoms with E-state index in [-0.39, 0.29) is 11.7 Å². The van der Waals surface area contributed by atoms with E-state index in [9.17, 15) is 19.9 Å². The predicted molar refractivity (Wildman–Crippen MR) is 74.2 cm³/mol. The van der Waals surface area contributed by atoms with Crippen LogP contribution in [0.4, 0.5) is 0 Å². The highest BCUT2D eigenvalue weighted by molar-refractivity contribution is 7.64. The van der Waals surface area contributed by atoms with E-state index in [1.165, 1.54) is 0 Å². The Morgan fingerprint density at radius 1 is 1.44 bits per heavy atom.